The lowest BCUT2D eigenvalue weighted by molar-refractivity contribution is -0.0894. The predicted molar refractivity (Wildman–Crippen MR) is 61.3 cm³/mol. The molecule has 0 amide bonds. The maximum Gasteiger partial charge on any atom is 0.322 e. The van der Waals surface area contributed by atoms with Crippen LogP contribution in [0.15, 0.2) is 12.1 Å². The maximum atomic E-state index is 9.78. The van der Waals surface area contributed by atoms with E-state index < -0.39 is 11.2 Å². The van der Waals surface area contributed by atoms with E-state index in [9.17, 15) is 5.11 Å². The maximum absolute atomic E-state index is 9.78. The molecule has 81 valence electrons. The Morgan fingerprint density at radius 2 is 1.86 bits per heavy atom. The Morgan fingerprint density at radius 1 is 1.29 bits per heavy atom. The molecule has 1 N–H and O–H groups in total. The van der Waals surface area contributed by atoms with Gasteiger partial charge in [-0.1, -0.05) is 25.4 Å². The summed E-state index contributed by atoms with van der Waals surface area (Å²) < 4.78 is 5.48. The molecular formula is C11H22BO2. The van der Waals surface area contributed by atoms with Gasteiger partial charge in [0.1, 0.15) is 0 Å². The van der Waals surface area contributed by atoms with Crippen LogP contribution < -0.4 is 0 Å². The summed E-state index contributed by atoms with van der Waals surface area (Å²) in [6.07, 6.45) is 4.25. The molecule has 0 bridgehead atoms. The molecule has 1 radical (unpaired) electrons. The van der Waals surface area contributed by atoms with E-state index in [4.69, 9.17) is 4.65 Å². The first-order valence-electron chi connectivity index (χ1n) is 5.20. The summed E-state index contributed by atoms with van der Waals surface area (Å²) >= 11 is 0. The van der Waals surface area contributed by atoms with Crippen molar-refractivity contribution in [3.63, 3.8) is 0 Å². The molecule has 0 unspecified atom stereocenters. The molecule has 0 fully saturated rings. The van der Waals surface area contributed by atoms with Gasteiger partial charge in [-0.05, 0) is 34.1 Å². The van der Waals surface area contributed by atoms with E-state index >= 15 is 0 Å². The van der Waals surface area contributed by atoms with Crippen molar-refractivity contribution in [1.29, 1.82) is 0 Å². The molecule has 0 aromatic heterocycles. The number of hydrogen-bond donors (Lipinski definition) is 1. The lowest BCUT2D eigenvalue weighted by Crippen LogP contribution is -2.47. The average Bonchev–Trinajstić information content (AvgIpc) is 2.02. The average molecular weight is 197 g/mol. The summed E-state index contributed by atoms with van der Waals surface area (Å²) in [6, 6.07) is 0. The summed E-state index contributed by atoms with van der Waals surface area (Å²) in [5.74, 6) is 1.89. The van der Waals surface area contributed by atoms with E-state index in [0.717, 1.165) is 12.8 Å². The number of unbranched alkanes of at least 4 members (excludes halogenated alkanes) is 1. The van der Waals surface area contributed by atoms with Crippen LogP contribution in [0.5, 0.6) is 0 Å². The smallest absolute Gasteiger partial charge is 0.322 e. The van der Waals surface area contributed by atoms with Gasteiger partial charge in [0.2, 0.25) is 0 Å². The van der Waals surface area contributed by atoms with Crippen molar-refractivity contribution in [2.75, 3.05) is 0 Å². The molecule has 0 aliphatic heterocycles. The van der Waals surface area contributed by atoms with E-state index in [-0.39, 0.29) is 0 Å². The van der Waals surface area contributed by atoms with Crippen molar-refractivity contribution in [3.8, 4) is 0 Å². The van der Waals surface area contributed by atoms with Crippen LogP contribution in [0.4, 0.5) is 0 Å². The zero-order chi connectivity index (χ0) is 11.2. The van der Waals surface area contributed by atoms with E-state index in [1.807, 2.05) is 19.8 Å². The third-order valence-electron chi connectivity index (χ3n) is 2.51. The minimum atomic E-state index is -0.845. The second kappa shape index (κ2) is 5.57. The summed E-state index contributed by atoms with van der Waals surface area (Å²) in [5, 5.41) is 9.78. The highest BCUT2D eigenvalue weighted by atomic mass is 16.5. The van der Waals surface area contributed by atoms with Gasteiger partial charge in [-0.3, -0.25) is 0 Å². The molecule has 0 atom stereocenters. The van der Waals surface area contributed by atoms with E-state index in [0.29, 0.717) is 0 Å². The molecule has 0 saturated heterocycles. The Balaban J connectivity index is 3.89. The number of rotatable bonds is 6. The largest absolute Gasteiger partial charge is 0.427 e. The highest BCUT2D eigenvalue weighted by molar-refractivity contribution is 6.34. The third-order valence-corrected chi connectivity index (χ3v) is 2.51. The van der Waals surface area contributed by atoms with Gasteiger partial charge in [-0.15, -0.1) is 0 Å². The van der Waals surface area contributed by atoms with Gasteiger partial charge < -0.3 is 9.76 Å². The zero-order valence-corrected chi connectivity index (χ0v) is 10.0. The predicted octanol–water partition coefficient (Wildman–Crippen LogP) is 2.49. The molecule has 0 aliphatic carbocycles. The Morgan fingerprint density at radius 3 is 2.29 bits per heavy atom. The van der Waals surface area contributed by atoms with Crippen molar-refractivity contribution < 1.29 is 9.76 Å². The summed E-state index contributed by atoms with van der Waals surface area (Å²) in [7, 11) is 1.65. The highest BCUT2D eigenvalue weighted by Gasteiger charge is 2.35. The molecule has 0 heterocycles. The van der Waals surface area contributed by atoms with Crippen LogP contribution in [0, 0.1) is 0 Å². The zero-order valence-electron chi connectivity index (χ0n) is 10.0. The molecule has 2 nitrogen and oxygen atoms in total. The quantitative estimate of drug-likeness (QED) is 0.663. The number of hydrogen-bond acceptors (Lipinski definition) is 2. The second-order valence-corrected chi connectivity index (χ2v) is 4.54. The molecule has 14 heavy (non-hydrogen) atoms. The molecule has 0 aromatic rings. The van der Waals surface area contributed by atoms with Crippen molar-refractivity contribution in [3.05, 3.63) is 12.1 Å². The number of aliphatic hydroxyl groups is 1. The molecule has 3 heteroatoms. The highest BCUT2D eigenvalue weighted by Crippen LogP contribution is 2.24. The molecule has 0 aliphatic rings. The van der Waals surface area contributed by atoms with Crippen LogP contribution in [0.1, 0.15) is 47.5 Å². The molecule has 0 rings (SSSR count). The van der Waals surface area contributed by atoms with Crippen molar-refractivity contribution in [2.45, 2.75) is 58.7 Å². The SMILES string of the molecule is CCCC=C[B]OC(C)(C)C(C)(C)O. The molecular weight excluding hydrogens is 175 g/mol. The van der Waals surface area contributed by atoms with Crippen LogP contribution in [-0.4, -0.2) is 23.8 Å². The van der Waals surface area contributed by atoms with Gasteiger partial charge in [0, 0.05) is 0 Å². The fraction of sp³-hybridized carbons (Fsp3) is 0.818. The van der Waals surface area contributed by atoms with Crippen LogP contribution in [0.3, 0.4) is 0 Å². The monoisotopic (exact) mass is 197 g/mol. The Bertz CT molecular complexity index is 180. The first-order chi connectivity index (χ1) is 6.31. The fourth-order valence-electron chi connectivity index (χ4n) is 0.672. The topological polar surface area (TPSA) is 29.5 Å². The summed E-state index contributed by atoms with van der Waals surface area (Å²) in [4.78, 5) is 0. The summed E-state index contributed by atoms with van der Waals surface area (Å²) in [5.41, 5.74) is -1.41. The lowest BCUT2D eigenvalue weighted by atomic mass is 9.86. The Kier molecular flexibility index (Phi) is 5.46. The third kappa shape index (κ3) is 4.82. The van der Waals surface area contributed by atoms with Gasteiger partial charge >= 0.3 is 7.48 Å². The van der Waals surface area contributed by atoms with Crippen LogP contribution in [0.25, 0.3) is 0 Å². The van der Waals surface area contributed by atoms with E-state index in [1.165, 1.54) is 0 Å². The first-order valence-corrected chi connectivity index (χ1v) is 5.20. The van der Waals surface area contributed by atoms with E-state index in [1.54, 1.807) is 21.3 Å². The Labute approximate surface area is 88.6 Å². The fourth-order valence-corrected chi connectivity index (χ4v) is 0.672. The van der Waals surface area contributed by atoms with E-state index in [2.05, 4.69) is 13.0 Å². The minimum absolute atomic E-state index is 0.566. The minimum Gasteiger partial charge on any atom is -0.427 e. The normalized spacial score (nSPS) is 13.6. The van der Waals surface area contributed by atoms with Crippen molar-refractivity contribution >= 4 is 7.48 Å². The van der Waals surface area contributed by atoms with Crippen LogP contribution >= 0.6 is 0 Å². The summed E-state index contributed by atoms with van der Waals surface area (Å²) in [6.45, 7) is 9.37. The second-order valence-electron chi connectivity index (χ2n) is 4.54. The molecule has 0 saturated carbocycles. The standard InChI is InChI=1S/C11H22BO2/c1-6-7-8-9-12-14-11(4,5)10(2,3)13/h8-9,13H,6-7H2,1-5H3. The van der Waals surface area contributed by atoms with Gasteiger partial charge in [0.05, 0.1) is 11.2 Å². The molecule has 0 aromatic carbocycles. The van der Waals surface area contributed by atoms with Gasteiger partial charge in [-0.25, -0.2) is 0 Å². The first kappa shape index (κ1) is 13.7. The van der Waals surface area contributed by atoms with Gasteiger partial charge in [-0.2, -0.15) is 0 Å². The van der Waals surface area contributed by atoms with Crippen LogP contribution in [-0.2, 0) is 4.65 Å². The van der Waals surface area contributed by atoms with Crippen molar-refractivity contribution in [1.82, 2.24) is 0 Å². The van der Waals surface area contributed by atoms with Gasteiger partial charge in [0.15, 0.2) is 0 Å². The van der Waals surface area contributed by atoms with Crippen molar-refractivity contribution in [2.24, 2.45) is 0 Å². The van der Waals surface area contributed by atoms with Crippen LogP contribution in [0.2, 0.25) is 0 Å². The lowest BCUT2D eigenvalue weighted by Gasteiger charge is -2.37. The number of allylic oxidation sites excluding steroid dienone is 1. The molecule has 0 spiro atoms. The Hall–Kier alpha value is -0.275. The van der Waals surface area contributed by atoms with Gasteiger partial charge in [0.25, 0.3) is 0 Å².